The summed E-state index contributed by atoms with van der Waals surface area (Å²) in [6.07, 6.45) is 10.4. The summed E-state index contributed by atoms with van der Waals surface area (Å²) in [6.45, 7) is 2.09. The minimum absolute atomic E-state index is 0.691. The number of hydrogen-bond acceptors (Lipinski definition) is 5. The Kier molecular flexibility index (Phi) is 3.39. The van der Waals surface area contributed by atoms with Crippen molar-refractivity contribution in [1.29, 1.82) is 0 Å². The van der Waals surface area contributed by atoms with Gasteiger partial charge in [0.1, 0.15) is 18.0 Å². The lowest BCUT2D eigenvalue weighted by Crippen LogP contribution is -2.35. The Labute approximate surface area is 112 Å². The Morgan fingerprint density at radius 3 is 2.74 bits per heavy atom. The molecule has 1 aliphatic rings. The molecule has 1 saturated heterocycles. The van der Waals surface area contributed by atoms with Crippen LogP contribution < -0.4 is 4.90 Å². The van der Waals surface area contributed by atoms with Gasteiger partial charge >= 0.3 is 0 Å². The molecule has 0 aliphatic carbocycles. The van der Waals surface area contributed by atoms with E-state index in [4.69, 9.17) is 0 Å². The van der Waals surface area contributed by atoms with E-state index in [-0.39, 0.29) is 0 Å². The second-order valence-electron chi connectivity index (χ2n) is 5.06. The predicted molar refractivity (Wildman–Crippen MR) is 71.7 cm³/mol. The molecular formula is C13H18N6. The van der Waals surface area contributed by atoms with Crippen LogP contribution in [0.25, 0.3) is 0 Å². The summed E-state index contributed by atoms with van der Waals surface area (Å²) in [5, 5.41) is 8.10. The van der Waals surface area contributed by atoms with Crippen molar-refractivity contribution in [1.82, 2.24) is 24.7 Å². The van der Waals surface area contributed by atoms with E-state index in [2.05, 4.69) is 25.1 Å². The molecule has 2 aromatic rings. The molecule has 0 N–H and O–H groups in total. The SMILES string of the molecule is Cn1cnnc1CC1CCN(c2cnccn2)CC1. The Morgan fingerprint density at radius 2 is 2.11 bits per heavy atom. The molecule has 3 rings (SSSR count). The molecular weight excluding hydrogens is 240 g/mol. The van der Waals surface area contributed by atoms with E-state index in [0.717, 1.165) is 31.2 Å². The monoisotopic (exact) mass is 258 g/mol. The van der Waals surface area contributed by atoms with Crippen molar-refractivity contribution in [3.8, 4) is 0 Å². The van der Waals surface area contributed by atoms with E-state index in [9.17, 15) is 0 Å². The van der Waals surface area contributed by atoms with E-state index in [1.54, 1.807) is 18.7 Å². The highest BCUT2D eigenvalue weighted by Crippen LogP contribution is 2.23. The van der Waals surface area contributed by atoms with E-state index in [1.807, 2.05) is 17.8 Å². The van der Waals surface area contributed by atoms with Crippen LogP contribution in [0.4, 0.5) is 5.82 Å². The zero-order valence-corrected chi connectivity index (χ0v) is 11.1. The van der Waals surface area contributed by atoms with Crippen molar-refractivity contribution in [2.24, 2.45) is 13.0 Å². The molecule has 2 aromatic heterocycles. The Hall–Kier alpha value is -1.98. The fraction of sp³-hybridized carbons (Fsp3) is 0.538. The molecule has 0 amide bonds. The van der Waals surface area contributed by atoms with Crippen LogP contribution in [0.3, 0.4) is 0 Å². The lowest BCUT2D eigenvalue weighted by atomic mass is 9.93. The lowest BCUT2D eigenvalue weighted by Gasteiger charge is -2.32. The van der Waals surface area contributed by atoms with Crippen molar-refractivity contribution in [2.75, 3.05) is 18.0 Å². The number of piperidine rings is 1. The molecule has 19 heavy (non-hydrogen) atoms. The first-order chi connectivity index (χ1) is 9.33. The number of hydrogen-bond donors (Lipinski definition) is 0. The number of rotatable bonds is 3. The highest BCUT2D eigenvalue weighted by atomic mass is 15.2. The molecule has 0 unspecified atom stereocenters. The summed E-state index contributed by atoms with van der Waals surface area (Å²) < 4.78 is 2.01. The van der Waals surface area contributed by atoms with Crippen LogP contribution in [0, 0.1) is 5.92 Å². The number of aryl methyl sites for hydroxylation is 1. The van der Waals surface area contributed by atoms with Gasteiger partial charge in [0, 0.05) is 39.0 Å². The van der Waals surface area contributed by atoms with Gasteiger partial charge in [-0.3, -0.25) is 4.98 Å². The largest absolute Gasteiger partial charge is 0.355 e. The molecule has 0 atom stereocenters. The molecule has 0 radical (unpaired) electrons. The van der Waals surface area contributed by atoms with Crippen molar-refractivity contribution in [2.45, 2.75) is 19.3 Å². The topological polar surface area (TPSA) is 59.7 Å². The lowest BCUT2D eigenvalue weighted by molar-refractivity contribution is 0.392. The average molecular weight is 258 g/mol. The third-order valence-corrected chi connectivity index (χ3v) is 3.76. The maximum Gasteiger partial charge on any atom is 0.147 e. The first-order valence-electron chi connectivity index (χ1n) is 6.67. The van der Waals surface area contributed by atoms with Gasteiger partial charge in [0.2, 0.25) is 0 Å². The van der Waals surface area contributed by atoms with E-state index in [1.165, 1.54) is 12.8 Å². The van der Waals surface area contributed by atoms with Crippen LogP contribution in [0.5, 0.6) is 0 Å². The summed E-state index contributed by atoms with van der Waals surface area (Å²) in [6, 6.07) is 0. The Balaban J connectivity index is 1.57. The predicted octanol–water partition coefficient (Wildman–Crippen LogP) is 1.06. The molecule has 3 heterocycles. The van der Waals surface area contributed by atoms with Gasteiger partial charge in [0.05, 0.1) is 6.20 Å². The number of aromatic nitrogens is 5. The molecule has 0 bridgehead atoms. The third kappa shape index (κ3) is 2.72. The van der Waals surface area contributed by atoms with Gasteiger partial charge in [0.25, 0.3) is 0 Å². The van der Waals surface area contributed by atoms with Crippen molar-refractivity contribution in [3.63, 3.8) is 0 Å². The van der Waals surface area contributed by atoms with Gasteiger partial charge in [-0.15, -0.1) is 10.2 Å². The minimum Gasteiger partial charge on any atom is -0.355 e. The highest BCUT2D eigenvalue weighted by Gasteiger charge is 2.21. The van der Waals surface area contributed by atoms with Crippen LogP contribution in [0.1, 0.15) is 18.7 Å². The summed E-state index contributed by atoms with van der Waals surface area (Å²) in [5.74, 6) is 2.76. The van der Waals surface area contributed by atoms with Crippen molar-refractivity contribution in [3.05, 3.63) is 30.7 Å². The molecule has 1 fully saturated rings. The van der Waals surface area contributed by atoms with E-state index >= 15 is 0 Å². The highest BCUT2D eigenvalue weighted by molar-refractivity contribution is 5.35. The summed E-state index contributed by atoms with van der Waals surface area (Å²) >= 11 is 0. The smallest absolute Gasteiger partial charge is 0.147 e. The molecule has 0 saturated carbocycles. The van der Waals surface area contributed by atoms with Crippen LogP contribution >= 0.6 is 0 Å². The van der Waals surface area contributed by atoms with Crippen LogP contribution in [0.15, 0.2) is 24.9 Å². The average Bonchev–Trinajstić information content (AvgIpc) is 2.86. The van der Waals surface area contributed by atoms with Crippen LogP contribution in [0.2, 0.25) is 0 Å². The molecule has 0 aromatic carbocycles. The van der Waals surface area contributed by atoms with Crippen LogP contribution in [-0.2, 0) is 13.5 Å². The van der Waals surface area contributed by atoms with E-state index < -0.39 is 0 Å². The molecule has 6 nitrogen and oxygen atoms in total. The number of anilines is 1. The second kappa shape index (κ2) is 5.34. The van der Waals surface area contributed by atoms with Gasteiger partial charge in [-0.2, -0.15) is 0 Å². The van der Waals surface area contributed by atoms with Crippen molar-refractivity contribution >= 4 is 5.82 Å². The van der Waals surface area contributed by atoms with Crippen LogP contribution in [-0.4, -0.2) is 37.8 Å². The normalized spacial score (nSPS) is 16.8. The summed E-state index contributed by atoms with van der Waals surface area (Å²) in [4.78, 5) is 10.8. The van der Waals surface area contributed by atoms with Gasteiger partial charge in [0.15, 0.2) is 0 Å². The zero-order valence-electron chi connectivity index (χ0n) is 11.1. The molecule has 100 valence electrons. The Bertz CT molecular complexity index is 515. The van der Waals surface area contributed by atoms with Gasteiger partial charge in [-0.05, 0) is 18.8 Å². The molecule has 1 aliphatic heterocycles. The minimum atomic E-state index is 0.691. The maximum absolute atomic E-state index is 4.35. The molecule has 6 heteroatoms. The Morgan fingerprint density at radius 1 is 1.26 bits per heavy atom. The summed E-state index contributed by atoms with van der Waals surface area (Å²) in [5.41, 5.74) is 0. The summed E-state index contributed by atoms with van der Waals surface area (Å²) in [7, 11) is 2.00. The third-order valence-electron chi connectivity index (χ3n) is 3.76. The first kappa shape index (κ1) is 12.1. The standard InChI is InChI=1S/C13H18N6/c1-18-10-16-17-12(18)8-11-2-6-19(7-3-11)13-9-14-4-5-15-13/h4-5,9-11H,2-3,6-8H2,1H3. The van der Waals surface area contributed by atoms with E-state index in [0.29, 0.717) is 5.92 Å². The fourth-order valence-corrected chi connectivity index (χ4v) is 2.57. The van der Waals surface area contributed by atoms with Crippen molar-refractivity contribution < 1.29 is 0 Å². The number of nitrogens with zero attached hydrogens (tertiary/aromatic N) is 6. The van der Waals surface area contributed by atoms with Gasteiger partial charge < -0.3 is 9.47 Å². The second-order valence-corrected chi connectivity index (χ2v) is 5.06. The molecule has 0 spiro atoms. The zero-order chi connectivity index (χ0) is 13.1. The fourth-order valence-electron chi connectivity index (χ4n) is 2.57. The van der Waals surface area contributed by atoms with Gasteiger partial charge in [-0.25, -0.2) is 4.98 Å². The maximum atomic E-state index is 4.35. The quantitative estimate of drug-likeness (QED) is 0.824. The van der Waals surface area contributed by atoms with Gasteiger partial charge in [-0.1, -0.05) is 0 Å². The first-order valence-corrected chi connectivity index (χ1v) is 6.67.